The van der Waals surface area contributed by atoms with E-state index in [2.05, 4.69) is 22.3 Å². The molecular weight excluding hydrogens is 344 g/mol. The summed E-state index contributed by atoms with van der Waals surface area (Å²) in [5.74, 6) is 0.265. The fourth-order valence-corrected chi connectivity index (χ4v) is 3.19. The molecule has 0 radical (unpaired) electrons. The molecule has 0 bridgehead atoms. The van der Waals surface area contributed by atoms with Crippen LogP contribution in [0.2, 0.25) is 0 Å². The van der Waals surface area contributed by atoms with Crippen LogP contribution in [0.25, 0.3) is 0 Å². The number of nitrogens with one attached hydrogen (secondary N) is 1. The van der Waals surface area contributed by atoms with Crippen molar-refractivity contribution < 1.29 is 14.1 Å². The SMILES string of the molecule is CCc1ccc(C(=O)N2CCN(C(C)C(=O)Nc3cc(C)no3)CC2)cc1. The molecule has 1 atom stereocenters. The van der Waals surface area contributed by atoms with Crippen LogP contribution in [0.15, 0.2) is 34.9 Å². The van der Waals surface area contributed by atoms with Crippen molar-refractivity contribution in [2.75, 3.05) is 31.5 Å². The number of aryl methyl sites for hydroxylation is 2. The van der Waals surface area contributed by atoms with Gasteiger partial charge in [0.05, 0.1) is 11.7 Å². The molecule has 0 saturated carbocycles. The van der Waals surface area contributed by atoms with Crippen LogP contribution in [-0.4, -0.2) is 59.0 Å². The van der Waals surface area contributed by atoms with Crippen LogP contribution < -0.4 is 5.32 Å². The summed E-state index contributed by atoms with van der Waals surface area (Å²) in [6.07, 6.45) is 0.959. The van der Waals surface area contributed by atoms with Gasteiger partial charge < -0.3 is 9.42 Å². The molecule has 1 unspecified atom stereocenters. The molecule has 0 spiro atoms. The van der Waals surface area contributed by atoms with Gasteiger partial charge in [0.25, 0.3) is 5.91 Å². The second kappa shape index (κ2) is 8.35. The van der Waals surface area contributed by atoms with Crippen LogP contribution >= 0.6 is 0 Å². The number of carbonyl (C=O) groups is 2. The molecule has 144 valence electrons. The van der Waals surface area contributed by atoms with Crippen molar-refractivity contribution in [3.63, 3.8) is 0 Å². The molecule has 1 saturated heterocycles. The highest BCUT2D eigenvalue weighted by Crippen LogP contribution is 2.14. The van der Waals surface area contributed by atoms with E-state index in [1.54, 1.807) is 13.0 Å². The minimum Gasteiger partial charge on any atom is -0.338 e. The number of hydrogen-bond donors (Lipinski definition) is 1. The standard InChI is InChI=1S/C20H26N4O3/c1-4-16-5-7-17(8-6-16)20(26)24-11-9-23(10-12-24)15(3)19(25)21-18-13-14(2)22-27-18/h5-8,13,15H,4,9-12H2,1-3H3,(H,21,25). The lowest BCUT2D eigenvalue weighted by molar-refractivity contribution is -0.121. The van der Waals surface area contributed by atoms with E-state index in [1.807, 2.05) is 36.1 Å². The Balaban J connectivity index is 1.52. The Labute approximate surface area is 159 Å². The third kappa shape index (κ3) is 4.54. The van der Waals surface area contributed by atoms with E-state index in [0.717, 1.165) is 12.1 Å². The van der Waals surface area contributed by atoms with E-state index in [0.29, 0.717) is 37.6 Å². The molecule has 27 heavy (non-hydrogen) atoms. The number of aromatic nitrogens is 1. The summed E-state index contributed by atoms with van der Waals surface area (Å²) in [5, 5.41) is 6.50. The Kier molecular flexibility index (Phi) is 5.91. The van der Waals surface area contributed by atoms with E-state index < -0.39 is 0 Å². The average Bonchev–Trinajstić information content (AvgIpc) is 3.11. The Morgan fingerprint density at radius 1 is 1.19 bits per heavy atom. The Morgan fingerprint density at radius 2 is 1.85 bits per heavy atom. The first-order chi connectivity index (χ1) is 13.0. The Bertz CT molecular complexity index is 792. The molecule has 0 aliphatic carbocycles. The first-order valence-corrected chi connectivity index (χ1v) is 9.34. The lowest BCUT2D eigenvalue weighted by Crippen LogP contribution is -2.54. The van der Waals surface area contributed by atoms with Crippen molar-refractivity contribution in [1.29, 1.82) is 0 Å². The number of nitrogens with zero attached hydrogens (tertiary/aromatic N) is 3. The van der Waals surface area contributed by atoms with E-state index in [-0.39, 0.29) is 17.9 Å². The summed E-state index contributed by atoms with van der Waals surface area (Å²) in [5.41, 5.74) is 2.65. The summed E-state index contributed by atoms with van der Waals surface area (Å²) in [4.78, 5) is 29.0. The van der Waals surface area contributed by atoms with Crippen molar-refractivity contribution in [3.8, 4) is 0 Å². The molecule has 1 fully saturated rings. The zero-order valence-corrected chi connectivity index (χ0v) is 16.1. The van der Waals surface area contributed by atoms with E-state index >= 15 is 0 Å². The number of carbonyl (C=O) groups excluding carboxylic acids is 2. The van der Waals surface area contributed by atoms with Gasteiger partial charge in [-0.05, 0) is 38.0 Å². The minimum atomic E-state index is -0.309. The second-order valence-corrected chi connectivity index (χ2v) is 6.88. The molecule has 2 heterocycles. The van der Waals surface area contributed by atoms with Gasteiger partial charge in [0, 0.05) is 37.8 Å². The van der Waals surface area contributed by atoms with Gasteiger partial charge in [0.1, 0.15) is 0 Å². The van der Waals surface area contributed by atoms with Crippen molar-refractivity contribution in [3.05, 3.63) is 47.2 Å². The molecule has 1 aliphatic rings. The molecule has 7 nitrogen and oxygen atoms in total. The van der Waals surface area contributed by atoms with Crippen molar-refractivity contribution >= 4 is 17.7 Å². The minimum absolute atomic E-state index is 0.0477. The summed E-state index contributed by atoms with van der Waals surface area (Å²) in [6.45, 7) is 8.28. The van der Waals surface area contributed by atoms with Crippen molar-refractivity contribution in [2.45, 2.75) is 33.2 Å². The van der Waals surface area contributed by atoms with Crippen LogP contribution in [-0.2, 0) is 11.2 Å². The third-order valence-electron chi connectivity index (χ3n) is 5.01. The molecule has 3 rings (SSSR count). The monoisotopic (exact) mass is 370 g/mol. The predicted molar refractivity (Wildman–Crippen MR) is 103 cm³/mol. The number of piperazine rings is 1. The fourth-order valence-electron chi connectivity index (χ4n) is 3.19. The van der Waals surface area contributed by atoms with Gasteiger partial charge in [0.15, 0.2) is 0 Å². The maximum atomic E-state index is 12.7. The number of anilines is 1. The molecule has 1 N–H and O–H groups in total. The maximum absolute atomic E-state index is 12.7. The summed E-state index contributed by atoms with van der Waals surface area (Å²) in [6, 6.07) is 9.16. The lowest BCUT2D eigenvalue weighted by Gasteiger charge is -2.37. The topological polar surface area (TPSA) is 78.7 Å². The Hall–Kier alpha value is -2.67. The number of benzene rings is 1. The van der Waals surface area contributed by atoms with Crippen LogP contribution in [0.3, 0.4) is 0 Å². The van der Waals surface area contributed by atoms with Gasteiger partial charge in [-0.15, -0.1) is 0 Å². The largest absolute Gasteiger partial charge is 0.338 e. The van der Waals surface area contributed by atoms with E-state index in [9.17, 15) is 9.59 Å². The first kappa shape index (κ1) is 19.1. The molecular formula is C20H26N4O3. The number of hydrogen-bond acceptors (Lipinski definition) is 5. The highest BCUT2D eigenvalue weighted by atomic mass is 16.5. The second-order valence-electron chi connectivity index (χ2n) is 6.88. The van der Waals surface area contributed by atoms with Gasteiger partial charge in [-0.1, -0.05) is 24.2 Å². The smallest absolute Gasteiger partial charge is 0.253 e. The van der Waals surface area contributed by atoms with Gasteiger partial charge in [-0.25, -0.2) is 0 Å². The lowest BCUT2D eigenvalue weighted by atomic mass is 10.1. The van der Waals surface area contributed by atoms with Crippen molar-refractivity contribution in [2.24, 2.45) is 0 Å². The molecule has 1 aliphatic heterocycles. The van der Waals surface area contributed by atoms with Gasteiger partial charge in [-0.3, -0.25) is 19.8 Å². The highest BCUT2D eigenvalue weighted by Gasteiger charge is 2.28. The third-order valence-corrected chi connectivity index (χ3v) is 5.01. The zero-order valence-electron chi connectivity index (χ0n) is 16.1. The maximum Gasteiger partial charge on any atom is 0.253 e. The molecule has 7 heteroatoms. The summed E-state index contributed by atoms with van der Waals surface area (Å²) in [7, 11) is 0. The van der Waals surface area contributed by atoms with Crippen LogP contribution in [0.4, 0.5) is 5.88 Å². The molecule has 2 amide bonds. The van der Waals surface area contributed by atoms with Gasteiger partial charge >= 0.3 is 0 Å². The number of amides is 2. The van der Waals surface area contributed by atoms with Crippen LogP contribution in [0, 0.1) is 6.92 Å². The highest BCUT2D eigenvalue weighted by molar-refractivity contribution is 5.95. The van der Waals surface area contributed by atoms with Crippen molar-refractivity contribution in [1.82, 2.24) is 15.0 Å². The molecule has 1 aromatic heterocycles. The van der Waals surface area contributed by atoms with Crippen LogP contribution in [0.1, 0.15) is 35.5 Å². The predicted octanol–water partition coefficient (Wildman–Crippen LogP) is 2.33. The normalized spacial score (nSPS) is 16.2. The van der Waals surface area contributed by atoms with E-state index in [4.69, 9.17) is 4.52 Å². The fraction of sp³-hybridized carbons (Fsp3) is 0.450. The first-order valence-electron chi connectivity index (χ1n) is 9.34. The number of rotatable bonds is 5. The molecule has 2 aromatic rings. The molecule has 1 aromatic carbocycles. The quantitative estimate of drug-likeness (QED) is 0.874. The Morgan fingerprint density at radius 3 is 2.41 bits per heavy atom. The van der Waals surface area contributed by atoms with E-state index in [1.165, 1.54) is 5.56 Å². The summed E-state index contributed by atoms with van der Waals surface area (Å²) >= 11 is 0. The zero-order chi connectivity index (χ0) is 19.4. The van der Waals surface area contributed by atoms with Gasteiger partial charge in [0.2, 0.25) is 11.8 Å². The van der Waals surface area contributed by atoms with Gasteiger partial charge in [-0.2, -0.15) is 0 Å². The van der Waals surface area contributed by atoms with Crippen LogP contribution in [0.5, 0.6) is 0 Å². The summed E-state index contributed by atoms with van der Waals surface area (Å²) < 4.78 is 5.03. The average molecular weight is 370 g/mol.